The van der Waals surface area contributed by atoms with Crippen LogP contribution in [0, 0.1) is 5.92 Å². The lowest BCUT2D eigenvalue weighted by molar-refractivity contribution is -0.137. The van der Waals surface area contributed by atoms with Gasteiger partial charge in [0.25, 0.3) is 5.91 Å². The third-order valence-corrected chi connectivity index (χ3v) is 8.00. The highest BCUT2D eigenvalue weighted by Gasteiger charge is 2.39. The van der Waals surface area contributed by atoms with E-state index in [1.54, 1.807) is 36.2 Å². The maximum absolute atomic E-state index is 13.8. The summed E-state index contributed by atoms with van der Waals surface area (Å²) in [5.41, 5.74) is 5.13. The number of primary amides is 1. The number of rotatable bonds is 9. The van der Waals surface area contributed by atoms with E-state index in [1.807, 2.05) is 0 Å². The molecule has 1 saturated carbocycles. The Labute approximate surface area is 242 Å². The van der Waals surface area contributed by atoms with E-state index in [9.17, 15) is 27.6 Å². The van der Waals surface area contributed by atoms with Crippen molar-refractivity contribution < 1.29 is 27.6 Å². The highest BCUT2D eigenvalue weighted by atomic mass is 19.4. The summed E-state index contributed by atoms with van der Waals surface area (Å²) in [5.74, 6) is -2.49. The number of carbonyl (C=O) groups excluding carboxylic acids is 3. The first kappa shape index (κ1) is 31.0. The number of nitrogens with one attached hydrogen (secondary N) is 3. The SMILES string of the molecule is C[C@@H](NC(=O)[C@H]1CCC[C@H]1Nc1nc(Nc2ccc(C(=O)N(C)C3CCN(C)CC3)cc2)ncc1C(F)(F)F)C(N)=O. The molecule has 3 atom stereocenters. The Morgan fingerprint density at radius 3 is 2.38 bits per heavy atom. The molecule has 2 fully saturated rings. The average Bonchev–Trinajstić information content (AvgIpc) is 3.41. The first-order chi connectivity index (χ1) is 19.8. The molecule has 2 heterocycles. The highest BCUT2D eigenvalue weighted by Crippen LogP contribution is 2.37. The first-order valence-corrected chi connectivity index (χ1v) is 14.0. The van der Waals surface area contributed by atoms with Gasteiger partial charge in [-0.1, -0.05) is 6.42 Å². The molecule has 1 saturated heterocycles. The summed E-state index contributed by atoms with van der Waals surface area (Å²) in [6, 6.07) is 5.19. The molecule has 0 spiro atoms. The third-order valence-electron chi connectivity index (χ3n) is 8.00. The smallest absolute Gasteiger partial charge is 0.368 e. The summed E-state index contributed by atoms with van der Waals surface area (Å²) in [7, 11) is 3.86. The van der Waals surface area contributed by atoms with E-state index in [0.29, 0.717) is 36.7 Å². The quantitative estimate of drug-likeness (QED) is 0.349. The van der Waals surface area contributed by atoms with Gasteiger partial charge in [-0.05, 0) is 77.0 Å². The minimum Gasteiger partial charge on any atom is -0.368 e. The lowest BCUT2D eigenvalue weighted by Gasteiger charge is -2.35. The summed E-state index contributed by atoms with van der Waals surface area (Å²) >= 11 is 0. The van der Waals surface area contributed by atoms with E-state index in [1.165, 1.54) is 6.92 Å². The normalized spacial score (nSPS) is 20.5. The minimum atomic E-state index is -4.74. The van der Waals surface area contributed by atoms with Gasteiger partial charge in [0, 0.05) is 36.6 Å². The number of likely N-dealkylation sites (tertiary alicyclic amines) is 1. The van der Waals surface area contributed by atoms with Crippen molar-refractivity contribution in [3.63, 3.8) is 0 Å². The summed E-state index contributed by atoms with van der Waals surface area (Å²) in [6.45, 7) is 3.30. The van der Waals surface area contributed by atoms with E-state index in [-0.39, 0.29) is 17.9 Å². The Kier molecular flexibility index (Phi) is 9.54. The van der Waals surface area contributed by atoms with Gasteiger partial charge in [0.1, 0.15) is 17.4 Å². The van der Waals surface area contributed by atoms with Crippen molar-refractivity contribution in [1.82, 2.24) is 25.1 Å². The fourth-order valence-corrected chi connectivity index (χ4v) is 5.35. The van der Waals surface area contributed by atoms with Gasteiger partial charge in [-0.2, -0.15) is 18.2 Å². The van der Waals surface area contributed by atoms with Crippen molar-refractivity contribution in [1.29, 1.82) is 0 Å². The molecule has 228 valence electrons. The van der Waals surface area contributed by atoms with Crippen LogP contribution >= 0.6 is 0 Å². The molecule has 2 aliphatic rings. The second-order valence-corrected chi connectivity index (χ2v) is 11.0. The van der Waals surface area contributed by atoms with Gasteiger partial charge >= 0.3 is 6.18 Å². The fourth-order valence-electron chi connectivity index (χ4n) is 5.35. The van der Waals surface area contributed by atoms with Crippen molar-refractivity contribution in [3.05, 3.63) is 41.6 Å². The van der Waals surface area contributed by atoms with Gasteiger partial charge in [-0.3, -0.25) is 14.4 Å². The summed E-state index contributed by atoms with van der Waals surface area (Å²) in [6.07, 6.45) is -0.766. The molecule has 1 aliphatic heterocycles. The first-order valence-electron chi connectivity index (χ1n) is 14.0. The predicted molar refractivity (Wildman–Crippen MR) is 151 cm³/mol. The Balaban J connectivity index is 1.47. The zero-order chi connectivity index (χ0) is 30.6. The van der Waals surface area contributed by atoms with Crippen molar-refractivity contribution >= 4 is 35.2 Å². The van der Waals surface area contributed by atoms with Crippen molar-refractivity contribution in [2.24, 2.45) is 11.7 Å². The molecule has 3 amide bonds. The third kappa shape index (κ3) is 7.46. The highest BCUT2D eigenvalue weighted by molar-refractivity contribution is 5.94. The Morgan fingerprint density at radius 1 is 1.10 bits per heavy atom. The van der Waals surface area contributed by atoms with Crippen molar-refractivity contribution in [2.75, 3.05) is 37.8 Å². The Hall–Kier alpha value is -3.94. The maximum Gasteiger partial charge on any atom is 0.421 e. The summed E-state index contributed by atoms with van der Waals surface area (Å²) < 4.78 is 41.5. The van der Waals surface area contributed by atoms with E-state index in [2.05, 4.69) is 37.9 Å². The monoisotopic (exact) mass is 590 g/mol. The van der Waals surface area contributed by atoms with Crippen LogP contribution in [0.4, 0.5) is 30.6 Å². The number of halogens is 3. The predicted octanol–water partition coefficient (Wildman–Crippen LogP) is 2.98. The molecule has 4 rings (SSSR count). The lowest BCUT2D eigenvalue weighted by atomic mass is 10.0. The molecule has 5 N–H and O–H groups in total. The zero-order valence-electron chi connectivity index (χ0n) is 23.9. The molecule has 0 radical (unpaired) electrons. The van der Waals surface area contributed by atoms with Crippen LogP contribution in [0.15, 0.2) is 30.5 Å². The number of nitrogens with zero attached hydrogens (tertiary/aromatic N) is 4. The van der Waals surface area contributed by atoms with Gasteiger partial charge < -0.3 is 31.5 Å². The Morgan fingerprint density at radius 2 is 1.76 bits per heavy atom. The summed E-state index contributed by atoms with van der Waals surface area (Å²) in [4.78, 5) is 49.0. The average molecular weight is 591 g/mol. The minimum absolute atomic E-state index is 0.0885. The molecule has 42 heavy (non-hydrogen) atoms. The molecule has 0 bridgehead atoms. The standard InChI is InChI=1S/C28H37F3N8O3/c1-16(23(32)40)34-25(41)20-5-4-6-22(20)36-24-21(28(29,30)31)15-33-27(37-24)35-18-9-7-17(8-10-18)26(42)39(3)19-11-13-38(2)14-12-19/h7-10,15-16,19-20,22H,4-6,11-14H2,1-3H3,(H2,32,40)(H,34,41)(H2,33,35,36,37)/t16-,20+,22-/m1/s1. The molecule has 14 heteroatoms. The zero-order valence-corrected chi connectivity index (χ0v) is 23.9. The van der Waals surface area contributed by atoms with Crippen LogP contribution in [-0.2, 0) is 15.8 Å². The van der Waals surface area contributed by atoms with Crippen LogP contribution in [0.25, 0.3) is 0 Å². The van der Waals surface area contributed by atoms with Gasteiger partial charge in [0.2, 0.25) is 17.8 Å². The van der Waals surface area contributed by atoms with Gasteiger partial charge in [0.15, 0.2) is 0 Å². The second kappa shape index (κ2) is 12.9. The maximum atomic E-state index is 13.8. The number of hydrogen-bond acceptors (Lipinski definition) is 8. The largest absolute Gasteiger partial charge is 0.421 e. The molecular formula is C28H37F3N8O3. The summed E-state index contributed by atoms with van der Waals surface area (Å²) in [5, 5.41) is 8.21. The molecule has 1 aliphatic carbocycles. The van der Waals surface area contributed by atoms with Crippen molar-refractivity contribution in [2.45, 2.75) is 63.3 Å². The van der Waals surface area contributed by atoms with E-state index < -0.39 is 47.4 Å². The number of nitrogens with two attached hydrogens (primary N) is 1. The van der Waals surface area contributed by atoms with Crippen LogP contribution in [0.1, 0.15) is 54.9 Å². The number of carbonyl (C=O) groups is 3. The van der Waals surface area contributed by atoms with Crippen LogP contribution in [0.3, 0.4) is 0 Å². The number of aromatic nitrogens is 2. The Bertz CT molecular complexity index is 1280. The topological polar surface area (TPSA) is 146 Å². The van der Waals surface area contributed by atoms with Crippen molar-refractivity contribution in [3.8, 4) is 0 Å². The van der Waals surface area contributed by atoms with Gasteiger partial charge in [0.05, 0.1) is 5.92 Å². The number of piperidine rings is 1. The van der Waals surface area contributed by atoms with E-state index in [4.69, 9.17) is 5.73 Å². The molecule has 2 aromatic rings. The number of amides is 3. The molecule has 1 aromatic heterocycles. The number of hydrogen-bond donors (Lipinski definition) is 4. The lowest BCUT2D eigenvalue weighted by Crippen LogP contribution is -2.47. The molecular weight excluding hydrogens is 553 g/mol. The van der Waals surface area contributed by atoms with Crippen LogP contribution in [0.2, 0.25) is 0 Å². The molecule has 1 aromatic carbocycles. The van der Waals surface area contributed by atoms with Gasteiger partial charge in [-0.25, -0.2) is 4.98 Å². The molecule has 0 unspecified atom stereocenters. The van der Waals surface area contributed by atoms with Crippen LogP contribution in [0.5, 0.6) is 0 Å². The molecule has 11 nitrogen and oxygen atoms in total. The van der Waals surface area contributed by atoms with E-state index in [0.717, 1.165) is 25.9 Å². The number of benzene rings is 1. The number of anilines is 3. The van der Waals surface area contributed by atoms with E-state index >= 15 is 0 Å². The fraction of sp³-hybridized carbons (Fsp3) is 0.536. The number of alkyl halides is 3. The van der Waals surface area contributed by atoms with Crippen LogP contribution in [-0.4, -0.2) is 82.8 Å². The second-order valence-electron chi connectivity index (χ2n) is 11.0. The van der Waals surface area contributed by atoms with Gasteiger partial charge in [-0.15, -0.1) is 0 Å². The van der Waals surface area contributed by atoms with Crippen LogP contribution < -0.4 is 21.7 Å².